The van der Waals surface area contributed by atoms with Gasteiger partial charge in [0.05, 0.1) is 10.5 Å². The SMILES string of the molecule is Cc1cc(COC(=O)c2ccc(NS(=O)(=O)c3ccc(Br)cc3)cc2)no1. The molecule has 3 rings (SSSR count). The zero-order valence-corrected chi connectivity index (χ0v) is 16.6. The lowest BCUT2D eigenvalue weighted by molar-refractivity contribution is 0.0464. The lowest BCUT2D eigenvalue weighted by atomic mass is 10.2. The van der Waals surface area contributed by atoms with E-state index in [1.807, 2.05) is 0 Å². The van der Waals surface area contributed by atoms with Crippen LogP contribution in [0.1, 0.15) is 21.8 Å². The van der Waals surface area contributed by atoms with Gasteiger partial charge in [-0.25, -0.2) is 13.2 Å². The first-order chi connectivity index (χ1) is 12.8. The van der Waals surface area contributed by atoms with Crippen LogP contribution in [0.3, 0.4) is 0 Å². The summed E-state index contributed by atoms with van der Waals surface area (Å²) in [5, 5.41) is 3.74. The molecule has 0 spiro atoms. The van der Waals surface area contributed by atoms with Crippen molar-refractivity contribution in [3.8, 4) is 0 Å². The van der Waals surface area contributed by atoms with Crippen LogP contribution in [0.2, 0.25) is 0 Å². The van der Waals surface area contributed by atoms with Crippen LogP contribution in [0.5, 0.6) is 0 Å². The molecular formula is C18H15BrN2O5S. The van der Waals surface area contributed by atoms with Crippen LogP contribution in [0.4, 0.5) is 5.69 Å². The highest BCUT2D eigenvalue weighted by atomic mass is 79.9. The summed E-state index contributed by atoms with van der Waals surface area (Å²) in [6.07, 6.45) is 0. The van der Waals surface area contributed by atoms with Crippen LogP contribution in [0.25, 0.3) is 0 Å². The van der Waals surface area contributed by atoms with Crippen molar-refractivity contribution >= 4 is 37.6 Å². The Morgan fingerprint density at radius 1 is 1.15 bits per heavy atom. The van der Waals surface area contributed by atoms with E-state index in [1.165, 1.54) is 36.4 Å². The largest absolute Gasteiger partial charge is 0.455 e. The van der Waals surface area contributed by atoms with Gasteiger partial charge < -0.3 is 9.26 Å². The minimum absolute atomic E-state index is 0.00583. The first kappa shape index (κ1) is 19.1. The Labute approximate surface area is 164 Å². The van der Waals surface area contributed by atoms with Gasteiger partial charge in [-0.3, -0.25) is 4.72 Å². The second-order valence-electron chi connectivity index (χ2n) is 5.64. The van der Waals surface area contributed by atoms with Gasteiger partial charge in [-0.05, 0) is 55.5 Å². The number of sulfonamides is 1. The summed E-state index contributed by atoms with van der Waals surface area (Å²) in [4.78, 5) is 12.2. The molecule has 0 radical (unpaired) electrons. The van der Waals surface area contributed by atoms with Crippen molar-refractivity contribution in [2.75, 3.05) is 4.72 Å². The smallest absolute Gasteiger partial charge is 0.338 e. The highest BCUT2D eigenvalue weighted by Crippen LogP contribution is 2.19. The minimum Gasteiger partial charge on any atom is -0.455 e. The summed E-state index contributed by atoms with van der Waals surface area (Å²) in [6, 6.07) is 13.9. The van der Waals surface area contributed by atoms with Crippen molar-refractivity contribution < 1.29 is 22.5 Å². The summed E-state index contributed by atoms with van der Waals surface area (Å²) < 4.78 is 38.0. The Balaban J connectivity index is 1.64. The number of anilines is 1. The first-order valence-corrected chi connectivity index (χ1v) is 10.1. The molecule has 0 unspecified atom stereocenters. The molecule has 0 amide bonds. The lowest BCUT2D eigenvalue weighted by Gasteiger charge is -2.09. The van der Waals surface area contributed by atoms with Gasteiger partial charge in [-0.15, -0.1) is 0 Å². The molecule has 3 aromatic rings. The summed E-state index contributed by atoms with van der Waals surface area (Å²) in [7, 11) is -3.71. The van der Waals surface area contributed by atoms with E-state index in [2.05, 4.69) is 25.8 Å². The number of carbonyl (C=O) groups is 1. The molecule has 0 aliphatic carbocycles. The third-order valence-electron chi connectivity index (χ3n) is 3.52. The molecule has 1 aromatic heterocycles. The van der Waals surface area contributed by atoms with Crippen molar-refractivity contribution in [3.05, 3.63) is 76.1 Å². The van der Waals surface area contributed by atoms with E-state index in [0.29, 0.717) is 22.7 Å². The Morgan fingerprint density at radius 3 is 2.41 bits per heavy atom. The molecule has 0 aliphatic rings. The number of ether oxygens (including phenoxy) is 1. The number of benzene rings is 2. The van der Waals surface area contributed by atoms with E-state index in [4.69, 9.17) is 9.26 Å². The summed E-state index contributed by atoms with van der Waals surface area (Å²) >= 11 is 3.26. The fourth-order valence-corrected chi connectivity index (χ4v) is 3.53. The second-order valence-corrected chi connectivity index (χ2v) is 8.24. The zero-order valence-electron chi connectivity index (χ0n) is 14.2. The molecule has 2 aromatic carbocycles. The normalized spacial score (nSPS) is 11.2. The third-order valence-corrected chi connectivity index (χ3v) is 5.45. The quantitative estimate of drug-likeness (QED) is 0.571. The highest BCUT2D eigenvalue weighted by molar-refractivity contribution is 9.10. The Kier molecular flexibility index (Phi) is 5.62. The molecule has 0 saturated heterocycles. The van der Waals surface area contributed by atoms with Gasteiger partial charge in [0.25, 0.3) is 10.0 Å². The number of hydrogen-bond donors (Lipinski definition) is 1. The number of hydrogen-bond acceptors (Lipinski definition) is 6. The molecule has 0 atom stereocenters. The fourth-order valence-electron chi connectivity index (χ4n) is 2.21. The molecule has 0 bridgehead atoms. The standard InChI is InChI=1S/C18H15BrN2O5S/c1-12-10-16(20-26-12)11-25-18(22)13-2-6-15(7-3-13)21-27(23,24)17-8-4-14(19)5-9-17/h2-10,21H,11H2,1H3. The maximum Gasteiger partial charge on any atom is 0.338 e. The van der Waals surface area contributed by atoms with Crippen LogP contribution < -0.4 is 4.72 Å². The number of rotatable bonds is 6. The Morgan fingerprint density at radius 2 is 1.81 bits per heavy atom. The molecular weight excluding hydrogens is 436 g/mol. The van der Waals surface area contributed by atoms with Crippen molar-refractivity contribution in [2.24, 2.45) is 0 Å². The number of carbonyl (C=O) groups excluding carboxylic acids is 1. The van der Waals surface area contributed by atoms with Gasteiger partial charge in [0.15, 0.2) is 0 Å². The van der Waals surface area contributed by atoms with E-state index in [1.54, 1.807) is 25.1 Å². The summed E-state index contributed by atoms with van der Waals surface area (Å²) in [5.74, 6) is 0.0847. The van der Waals surface area contributed by atoms with Gasteiger partial charge in [-0.2, -0.15) is 0 Å². The number of halogens is 1. The number of aryl methyl sites for hydroxylation is 1. The molecule has 0 fully saturated rings. The average molecular weight is 451 g/mol. The molecule has 0 saturated carbocycles. The zero-order chi connectivity index (χ0) is 19.4. The number of esters is 1. The van der Waals surface area contributed by atoms with Crippen LogP contribution in [-0.4, -0.2) is 19.5 Å². The maximum absolute atomic E-state index is 12.4. The van der Waals surface area contributed by atoms with Gasteiger partial charge in [0.1, 0.15) is 18.1 Å². The monoisotopic (exact) mass is 450 g/mol. The van der Waals surface area contributed by atoms with Crippen LogP contribution in [-0.2, 0) is 21.4 Å². The van der Waals surface area contributed by atoms with E-state index in [-0.39, 0.29) is 11.5 Å². The summed E-state index contributed by atoms with van der Waals surface area (Å²) in [5.41, 5.74) is 1.14. The fraction of sp³-hybridized carbons (Fsp3) is 0.111. The highest BCUT2D eigenvalue weighted by Gasteiger charge is 2.15. The molecule has 0 aliphatic heterocycles. The minimum atomic E-state index is -3.71. The number of nitrogens with one attached hydrogen (secondary N) is 1. The van der Waals surface area contributed by atoms with Gasteiger partial charge in [0.2, 0.25) is 0 Å². The number of nitrogens with zero attached hydrogens (tertiary/aromatic N) is 1. The van der Waals surface area contributed by atoms with E-state index in [0.717, 1.165) is 4.47 Å². The molecule has 7 nitrogen and oxygen atoms in total. The van der Waals surface area contributed by atoms with E-state index >= 15 is 0 Å². The van der Waals surface area contributed by atoms with Gasteiger partial charge in [0, 0.05) is 16.2 Å². The maximum atomic E-state index is 12.4. The third kappa shape index (κ3) is 4.95. The topological polar surface area (TPSA) is 98.5 Å². The van der Waals surface area contributed by atoms with E-state index < -0.39 is 16.0 Å². The summed E-state index contributed by atoms with van der Waals surface area (Å²) in [6.45, 7) is 1.74. The van der Waals surface area contributed by atoms with Crippen LogP contribution >= 0.6 is 15.9 Å². The molecule has 1 heterocycles. The van der Waals surface area contributed by atoms with Gasteiger partial charge >= 0.3 is 5.97 Å². The Bertz CT molecular complexity index is 1040. The van der Waals surface area contributed by atoms with Crippen LogP contribution in [0, 0.1) is 6.92 Å². The first-order valence-electron chi connectivity index (χ1n) is 7.81. The molecule has 27 heavy (non-hydrogen) atoms. The average Bonchev–Trinajstić information content (AvgIpc) is 3.06. The molecule has 140 valence electrons. The van der Waals surface area contributed by atoms with E-state index in [9.17, 15) is 13.2 Å². The molecule has 9 heteroatoms. The predicted molar refractivity (Wildman–Crippen MR) is 102 cm³/mol. The predicted octanol–water partition coefficient (Wildman–Crippen LogP) is 3.90. The van der Waals surface area contributed by atoms with Crippen molar-refractivity contribution in [1.82, 2.24) is 5.16 Å². The van der Waals surface area contributed by atoms with Crippen molar-refractivity contribution in [2.45, 2.75) is 18.4 Å². The van der Waals surface area contributed by atoms with Gasteiger partial charge in [-0.1, -0.05) is 21.1 Å². The van der Waals surface area contributed by atoms with Crippen LogP contribution in [0.15, 0.2) is 68.5 Å². The number of aromatic nitrogens is 1. The van der Waals surface area contributed by atoms with Crippen molar-refractivity contribution in [3.63, 3.8) is 0 Å². The Hall–Kier alpha value is -2.65. The second kappa shape index (κ2) is 7.93. The van der Waals surface area contributed by atoms with Crippen molar-refractivity contribution in [1.29, 1.82) is 0 Å². The molecule has 1 N–H and O–H groups in total. The lowest BCUT2D eigenvalue weighted by Crippen LogP contribution is -2.13.